The lowest BCUT2D eigenvalue weighted by molar-refractivity contribution is 0.267. The van der Waals surface area contributed by atoms with E-state index >= 15 is 0 Å². The quantitative estimate of drug-likeness (QED) is 0.653. The fourth-order valence-corrected chi connectivity index (χ4v) is 3.11. The van der Waals surface area contributed by atoms with E-state index in [0.717, 1.165) is 12.1 Å². The molecule has 5 nitrogen and oxygen atoms in total. The highest BCUT2D eigenvalue weighted by atomic mass is 32.2. The van der Waals surface area contributed by atoms with Crippen LogP contribution in [0.4, 0.5) is 5.69 Å². The van der Waals surface area contributed by atoms with E-state index in [2.05, 4.69) is 23.9 Å². The van der Waals surface area contributed by atoms with Crippen LogP contribution in [-0.4, -0.2) is 32.7 Å². The van der Waals surface area contributed by atoms with E-state index in [4.69, 9.17) is 5.11 Å². The maximum absolute atomic E-state index is 12.0. The summed E-state index contributed by atoms with van der Waals surface area (Å²) in [5.41, 5.74) is 0.858. The van der Waals surface area contributed by atoms with Gasteiger partial charge in [-0.1, -0.05) is 20.8 Å². The Morgan fingerprint density at radius 2 is 1.81 bits per heavy atom. The highest BCUT2D eigenvalue weighted by Gasteiger charge is 2.15. The molecular formula is C15H26N2O3S. The van der Waals surface area contributed by atoms with Gasteiger partial charge in [0, 0.05) is 24.9 Å². The van der Waals surface area contributed by atoms with Crippen molar-refractivity contribution in [2.45, 2.75) is 44.6 Å². The van der Waals surface area contributed by atoms with Crippen molar-refractivity contribution in [2.75, 3.05) is 18.5 Å². The van der Waals surface area contributed by atoms with Crippen molar-refractivity contribution >= 4 is 15.7 Å². The van der Waals surface area contributed by atoms with Gasteiger partial charge in [0.05, 0.1) is 4.90 Å². The molecule has 1 unspecified atom stereocenters. The van der Waals surface area contributed by atoms with Gasteiger partial charge in [-0.25, -0.2) is 13.1 Å². The summed E-state index contributed by atoms with van der Waals surface area (Å²) in [7, 11) is -3.41. The first-order valence-corrected chi connectivity index (χ1v) is 8.86. The van der Waals surface area contributed by atoms with Gasteiger partial charge in [0.25, 0.3) is 0 Å². The van der Waals surface area contributed by atoms with Crippen LogP contribution in [0.3, 0.4) is 0 Å². The first kappa shape index (κ1) is 17.9. The van der Waals surface area contributed by atoms with Gasteiger partial charge in [-0.2, -0.15) is 0 Å². The first-order valence-electron chi connectivity index (χ1n) is 7.37. The van der Waals surface area contributed by atoms with Gasteiger partial charge in [-0.3, -0.25) is 0 Å². The van der Waals surface area contributed by atoms with Crippen molar-refractivity contribution in [3.05, 3.63) is 24.3 Å². The SMILES string of the molecule is CCCNS(=O)(=O)c1ccc(NC(CCO)C(C)C)cc1. The highest BCUT2D eigenvalue weighted by molar-refractivity contribution is 7.89. The van der Waals surface area contributed by atoms with Gasteiger partial charge < -0.3 is 10.4 Å². The molecule has 0 aliphatic heterocycles. The molecule has 1 rings (SSSR count). The van der Waals surface area contributed by atoms with Gasteiger partial charge in [-0.05, 0) is 43.0 Å². The van der Waals surface area contributed by atoms with Crippen LogP contribution < -0.4 is 10.0 Å². The standard InChI is InChI=1S/C15H26N2O3S/c1-4-10-16-21(19,20)14-7-5-13(6-8-14)17-15(9-11-18)12(2)3/h5-8,12,15-18H,4,9-11H2,1-3H3. The molecule has 0 aliphatic carbocycles. The van der Waals surface area contributed by atoms with Gasteiger partial charge in [-0.15, -0.1) is 0 Å². The first-order chi connectivity index (χ1) is 9.90. The van der Waals surface area contributed by atoms with E-state index < -0.39 is 10.0 Å². The van der Waals surface area contributed by atoms with E-state index in [1.807, 2.05) is 6.92 Å². The molecule has 21 heavy (non-hydrogen) atoms. The summed E-state index contributed by atoms with van der Waals surface area (Å²) in [5.74, 6) is 0.381. The number of hydrogen-bond acceptors (Lipinski definition) is 4. The Kier molecular flexibility index (Phi) is 7.14. The highest BCUT2D eigenvalue weighted by Crippen LogP contribution is 2.18. The molecule has 3 N–H and O–H groups in total. The minimum absolute atomic E-state index is 0.128. The van der Waals surface area contributed by atoms with Crippen LogP contribution in [0.5, 0.6) is 0 Å². The maximum atomic E-state index is 12.0. The summed E-state index contributed by atoms with van der Waals surface area (Å²) in [6.07, 6.45) is 1.42. The van der Waals surface area contributed by atoms with E-state index in [1.165, 1.54) is 0 Å². The van der Waals surface area contributed by atoms with Crippen LogP contribution in [-0.2, 0) is 10.0 Å². The summed E-state index contributed by atoms with van der Waals surface area (Å²) >= 11 is 0. The Labute approximate surface area is 127 Å². The fraction of sp³-hybridized carbons (Fsp3) is 0.600. The van der Waals surface area contributed by atoms with Crippen molar-refractivity contribution in [3.63, 3.8) is 0 Å². The third-order valence-corrected chi connectivity index (χ3v) is 4.78. The molecule has 0 fully saturated rings. The van der Waals surface area contributed by atoms with Crippen molar-refractivity contribution in [2.24, 2.45) is 5.92 Å². The second-order valence-corrected chi connectivity index (χ2v) is 7.20. The van der Waals surface area contributed by atoms with Crippen LogP contribution in [0, 0.1) is 5.92 Å². The number of hydrogen-bond donors (Lipinski definition) is 3. The van der Waals surface area contributed by atoms with Crippen molar-refractivity contribution in [1.29, 1.82) is 0 Å². The van der Waals surface area contributed by atoms with Gasteiger partial charge in [0.2, 0.25) is 10.0 Å². The molecule has 0 aliphatic rings. The zero-order chi connectivity index (χ0) is 15.9. The summed E-state index contributed by atoms with van der Waals surface area (Å²) < 4.78 is 26.5. The summed E-state index contributed by atoms with van der Waals surface area (Å²) in [6, 6.07) is 6.86. The third kappa shape index (κ3) is 5.65. The number of rotatable bonds is 9. The fourth-order valence-electron chi connectivity index (χ4n) is 1.98. The summed E-state index contributed by atoms with van der Waals surface area (Å²) in [5, 5.41) is 12.4. The zero-order valence-corrected chi connectivity index (χ0v) is 13.8. The lowest BCUT2D eigenvalue weighted by Crippen LogP contribution is -2.27. The Morgan fingerprint density at radius 3 is 2.29 bits per heavy atom. The van der Waals surface area contributed by atoms with Crippen LogP contribution in [0.15, 0.2) is 29.2 Å². The topological polar surface area (TPSA) is 78.4 Å². The van der Waals surface area contributed by atoms with E-state index in [1.54, 1.807) is 24.3 Å². The Hall–Kier alpha value is -1.11. The minimum Gasteiger partial charge on any atom is -0.396 e. The second kappa shape index (κ2) is 8.36. The second-order valence-electron chi connectivity index (χ2n) is 5.43. The smallest absolute Gasteiger partial charge is 0.240 e. The van der Waals surface area contributed by atoms with Gasteiger partial charge in [0.15, 0.2) is 0 Å². The van der Waals surface area contributed by atoms with E-state index in [9.17, 15) is 8.42 Å². The van der Waals surface area contributed by atoms with E-state index in [-0.39, 0.29) is 17.5 Å². The lowest BCUT2D eigenvalue weighted by Gasteiger charge is -2.22. The summed E-state index contributed by atoms with van der Waals surface area (Å²) in [6.45, 7) is 6.65. The Morgan fingerprint density at radius 1 is 1.19 bits per heavy atom. The largest absolute Gasteiger partial charge is 0.396 e. The van der Waals surface area contributed by atoms with Crippen LogP contribution in [0.25, 0.3) is 0 Å². The summed E-state index contributed by atoms with van der Waals surface area (Å²) in [4.78, 5) is 0.268. The monoisotopic (exact) mass is 314 g/mol. The molecule has 1 atom stereocenters. The molecular weight excluding hydrogens is 288 g/mol. The lowest BCUT2D eigenvalue weighted by atomic mass is 10.0. The molecule has 0 amide bonds. The molecule has 0 heterocycles. The number of sulfonamides is 1. The van der Waals surface area contributed by atoms with Gasteiger partial charge in [0.1, 0.15) is 0 Å². The number of anilines is 1. The molecule has 0 saturated heterocycles. The molecule has 6 heteroatoms. The maximum Gasteiger partial charge on any atom is 0.240 e. The normalized spacial score (nSPS) is 13.4. The number of aliphatic hydroxyl groups excluding tert-OH is 1. The van der Waals surface area contributed by atoms with Crippen molar-refractivity contribution < 1.29 is 13.5 Å². The Bertz CT molecular complexity index is 512. The van der Waals surface area contributed by atoms with E-state index in [0.29, 0.717) is 18.9 Å². The molecule has 0 radical (unpaired) electrons. The van der Waals surface area contributed by atoms with Crippen LogP contribution >= 0.6 is 0 Å². The molecule has 1 aromatic carbocycles. The molecule has 0 bridgehead atoms. The average Bonchev–Trinajstić information content (AvgIpc) is 2.45. The molecule has 0 spiro atoms. The average molecular weight is 314 g/mol. The van der Waals surface area contributed by atoms with Crippen LogP contribution in [0.2, 0.25) is 0 Å². The van der Waals surface area contributed by atoms with Crippen molar-refractivity contribution in [1.82, 2.24) is 4.72 Å². The Balaban J connectivity index is 2.78. The van der Waals surface area contributed by atoms with Gasteiger partial charge >= 0.3 is 0 Å². The number of nitrogens with one attached hydrogen (secondary N) is 2. The molecule has 0 saturated carbocycles. The molecule has 120 valence electrons. The number of aliphatic hydroxyl groups is 1. The third-order valence-electron chi connectivity index (χ3n) is 3.30. The predicted molar refractivity (Wildman–Crippen MR) is 85.9 cm³/mol. The predicted octanol–water partition coefficient (Wildman–Crippen LogP) is 2.19. The van der Waals surface area contributed by atoms with Crippen molar-refractivity contribution in [3.8, 4) is 0 Å². The molecule has 1 aromatic rings. The minimum atomic E-state index is -3.41. The zero-order valence-electron chi connectivity index (χ0n) is 13.0. The number of benzene rings is 1. The molecule has 0 aromatic heterocycles. The van der Waals surface area contributed by atoms with Crippen LogP contribution in [0.1, 0.15) is 33.6 Å².